The zero-order chi connectivity index (χ0) is 37.0. The quantitative estimate of drug-likeness (QED) is 0.167. The zero-order valence-corrected chi connectivity index (χ0v) is 30.7. The van der Waals surface area contributed by atoms with E-state index >= 15 is 0 Å². The lowest BCUT2D eigenvalue weighted by molar-refractivity contribution is 1.18. The molecule has 0 spiro atoms. The highest BCUT2D eigenvalue weighted by Crippen LogP contribution is 2.43. The third-order valence-corrected chi connectivity index (χ3v) is 11.3. The van der Waals surface area contributed by atoms with Crippen molar-refractivity contribution in [2.45, 2.75) is 0 Å². The molecule has 0 aliphatic rings. The van der Waals surface area contributed by atoms with Crippen molar-refractivity contribution in [3.05, 3.63) is 218 Å². The minimum Gasteiger partial charge on any atom is -0.310 e. The number of aromatic nitrogens is 1. The average molecular weight is 713 g/mol. The molecule has 56 heavy (non-hydrogen) atoms. The first-order valence-corrected chi connectivity index (χ1v) is 19.3. The van der Waals surface area contributed by atoms with Crippen LogP contribution in [0.4, 0.5) is 17.1 Å². The summed E-state index contributed by atoms with van der Waals surface area (Å²) in [4.78, 5) is 2.43. The Morgan fingerprint density at radius 2 is 0.804 bits per heavy atom. The van der Waals surface area contributed by atoms with Gasteiger partial charge in [-0.3, -0.25) is 0 Å². The predicted molar refractivity (Wildman–Crippen MR) is 239 cm³/mol. The SMILES string of the molecule is c1ccc(-c2ccc3cc(-c4ccc5cc(N(c6ccc7c8ccccc8n(-c8ccccc8)c7c6)c6cccc7ccccc67)ccc5c4)ccc3c2)cc1. The number of hydrogen-bond acceptors (Lipinski definition) is 1. The smallest absolute Gasteiger partial charge is 0.0561 e. The number of hydrogen-bond donors (Lipinski definition) is 0. The van der Waals surface area contributed by atoms with Gasteiger partial charge in [0.25, 0.3) is 0 Å². The van der Waals surface area contributed by atoms with Gasteiger partial charge in [-0.1, -0.05) is 152 Å². The minimum absolute atomic E-state index is 1.11. The molecule has 1 heterocycles. The molecular weight excluding hydrogens is 677 g/mol. The standard InChI is InChI=1S/C54H36N2/c1-3-12-37(13-4-1)39-22-23-41-33-42(25-24-40(41)32-39)43-26-27-45-35-47(29-28-44(45)34-43)55(52-21-11-15-38-14-7-8-18-49(38)52)48-30-31-51-50-19-9-10-20-53(50)56(54(51)36-48)46-16-5-2-6-17-46/h1-36H. The Morgan fingerprint density at radius 1 is 0.286 bits per heavy atom. The predicted octanol–water partition coefficient (Wildman–Crippen LogP) is 15.0. The van der Waals surface area contributed by atoms with Crippen LogP contribution in [-0.4, -0.2) is 4.57 Å². The van der Waals surface area contributed by atoms with E-state index in [4.69, 9.17) is 0 Å². The second-order valence-electron chi connectivity index (χ2n) is 14.6. The first-order chi connectivity index (χ1) is 27.7. The highest BCUT2D eigenvalue weighted by molar-refractivity contribution is 6.11. The van der Waals surface area contributed by atoms with Gasteiger partial charge < -0.3 is 9.47 Å². The lowest BCUT2D eigenvalue weighted by atomic mass is 9.96. The molecule has 0 saturated carbocycles. The van der Waals surface area contributed by atoms with Crippen molar-refractivity contribution in [1.82, 2.24) is 4.57 Å². The van der Waals surface area contributed by atoms with Crippen molar-refractivity contribution in [2.24, 2.45) is 0 Å². The van der Waals surface area contributed by atoms with E-state index in [9.17, 15) is 0 Å². The summed E-state index contributed by atoms with van der Waals surface area (Å²) in [5, 5.41) is 9.81. The van der Waals surface area contributed by atoms with Crippen LogP contribution in [0, 0.1) is 0 Å². The molecule has 11 aromatic rings. The molecule has 0 fully saturated rings. The molecule has 2 heteroatoms. The molecule has 1 aromatic heterocycles. The van der Waals surface area contributed by atoms with Crippen molar-refractivity contribution in [3.8, 4) is 27.9 Å². The van der Waals surface area contributed by atoms with E-state index < -0.39 is 0 Å². The first-order valence-electron chi connectivity index (χ1n) is 19.3. The molecule has 0 bridgehead atoms. The van der Waals surface area contributed by atoms with E-state index in [-0.39, 0.29) is 0 Å². The van der Waals surface area contributed by atoms with Crippen LogP contribution in [0.2, 0.25) is 0 Å². The van der Waals surface area contributed by atoms with Gasteiger partial charge in [-0.25, -0.2) is 0 Å². The summed E-state index contributed by atoms with van der Waals surface area (Å²) >= 11 is 0. The second-order valence-corrected chi connectivity index (χ2v) is 14.6. The van der Waals surface area contributed by atoms with Crippen LogP contribution in [0.3, 0.4) is 0 Å². The Hall–Kier alpha value is -7.42. The summed E-state index contributed by atoms with van der Waals surface area (Å²) in [6.07, 6.45) is 0. The number of rotatable bonds is 6. The molecule has 2 nitrogen and oxygen atoms in total. The minimum atomic E-state index is 1.11. The van der Waals surface area contributed by atoms with Gasteiger partial charge in [0.1, 0.15) is 0 Å². The van der Waals surface area contributed by atoms with Gasteiger partial charge >= 0.3 is 0 Å². The van der Waals surface area contributed by atoms with Crippen molar-refractivity contribution in [1.29, 1.82) is 0 Å². The van der Waals surface area contributed by atoms with Crippen molar-refractivity contribution in [2.75, 3.05) is 4.90 Å². The number of para-hydroxylation sites is 2. The largest absolute Gasteiger partial charge is 0.310 e. The van der Waals surface area contributed by atoms with Gasteiger partial charge in [0.2, 0.25) is 0 Å². The molecular formula is C54H36N2. The third kappa shape index (κ3) is 5.42. The first kappa shape index (κ1) is 32.0. The number of fused-ring (bicyclic) bond motifs is 6. The summed E-state index contributed by atoms with van der Waals surface area (Å²) in [7, 11) is 0. The molecule has 0 aliphatic heterocycles. The second kappa shape index (κ2) is 13.2. The maximum atomic E-state index is 2.43. The average Bonchev–Trinajstić information content (AvgIpc) is 3.60. The molecule has 0 radical (unpaired) electrons. The van der Waals surface area contributed by atoms with Crippen LogP contribution in [-0.2, 0) is 0 Å². The van der Waals surface area contributed by atoms with Crippen molar-refractivity contribution in [3.63, 3.8) is 0 Å². The number of anilines is 3. The highest BCUT2D eigenvalue weighted by atomic mass is 15.1. The number of nitrogens with zero attached hydrogens (tertiary/aromatic N) is 2. The zero-order valence-electron chi connectivity index (χ0n) is 30.7. The fourth-order valence-corrected chi connectivity index (χ4v) is 8.57. The van der Waals surface area contributed by atoms with Gasteiger partial charge in [-0.2, -0.15) is 0 Å². The van der Waals surface area contributed by atoms with Gasteiger partial charge in [-0.15, -0.1) is 0 Å². The van der Waals surface area contributed by atoms with E-state index in [0.717, 1.165) is 22.7 Å². The lowest BCUT2D eigenvalue weighted by Crippen LogP contribution is -2.10. The molecule has 0 atom stereocenters. The molecule has 11 rings (SSSR count). The molecule has 0 saturated heterocycles. The number of benzene rings is 10. The lowest BCUT2D eigenvalue weighted by Gasteiger charge is -2.27. The highest BCUT2D eigenvalue weighted by Gasteiger charge is 2.19. The summed E-state index contributed by atoms with van der Waals surface area (Å²) in [6.45, 7) is 0. The normalized spacial score (nSPS) is 11.6. The van der Waals surface area contributed by atoms with E-state index in [2.05, 4.69) is 228 Å². The Balaban J connectivity index is 1.04. The van der Waals surface area contributed by atoms with Gasteiger partial charge in [0.15, 0.2) is 0 Å². The Bertz CT molecular complexity index is 3240. The Morgan fingerprint density at radius 3 is 1.54 bits per heavy atom. The van der Waals surface area contributed by atoms with Crippen LogP contribution in [0.1, 0.15) is 0 Å². The molecule has 0 N–H and O–H groups in total. The van der Waals surface area contributed by atoms with E-state index in [1.807, 2.05) is 0 Å². The van der Waals surface area contributed by atoms with Crippen LogP contribution >= 0.6 is 0 Å². The molecule has 0 aliphatic carbocycles. The van der Waals surface area contributed by atoms with Crippen LogP contribution in [0.25, 0.3) is 82.1 Å². The van der Waals surface area contributed by atoms with Gasteiger partial charge in [-0.05, 0) is 116 Å². The van der Waals surface area contributed by atoms with Gasteiger partial charge in [0, 0.05) is 33.2 Å². The van der Waals surface area contributed by atoms with Gasteiger partial charge in [0.05, 0.1) is 16.7 Å². The summed E-state index contributed by atoms with van der Waals surface area (Å²) in [5.41, 5.74) is 11.8. The molecule has 10 aromatic carbocycles. The summed E-state index contributed by atoms with van der Waals surface area (Å²) < 4.78 is 2.40. The summed E-state index contributed by atoms with van der Waals surface area (Å²) in [5.74, 6) is 0. The molecule has 0 amide bonds. The molecule has 262 valence electrons. The Kier molecular flexibility index (Phi) is 7.53. The van der Waals surface area contributed by atoms with E-state index in [1.54, 1.807) is 0 Å². The maximum Gasteiger partial charge on any atom is 0.0561 e. The van der Waals surface area contributed by atoms with E-state index in [1.165, 1.54) is 76.4 Å². The fraction of sp³-hybridized carbons (Fsp3) is 0. The van der Waals surface area contributed by atoms with Crippen LogP contribution in [0.5, 0.6) is 0 Å². The maximum absolute atomic E-state index is 2.43. The summed E-state index contributed by atoms with van der Waals surface area (Å²) in [6, 6.07) is 79.6. The van der Waals surface area contributed by atoms with Crippen LogP contribution < -0.4 is 4.90 Å². The fourth-order valence-electron chi connectivity index (χ4n) is 8.57. The molecule has 0 unspecified atom stereocenters. The van der Waals surface area contributed by atoms with Crippen LogP contribution in [0.15, 0.2) is 218 Å². The third-order valence-electron chi connectivity index (χ3n) is 11.3. The van der Waals surface area contributed by atoms with Crippen molar-refractivity contribution >= 4 is 71.2 Å². The Labute approximate surface area is 325 Å². The van der Waals surface area contributed by atoms with Crippen molar-refractivity contribution < 1.29 is 0 Å². The van der Waals surface area contributed by atoms with E-state index in [0.29, 0.717) is 0 Å². The monoisotopic (exact) mass is 712 g/mol. The topological polar surface area (TPSA) is 8.17 Å².